The van der Waals surface area contributed by atoms with Gasteiger partial charge in [-0.15, -0.1) is 0 Å². The highest BCUT2D eigenvalue weighted by Crippen LogP contribution is 2.26. The normalized spacial score (nSPS) is 15.1. The Morgan fingerprint density at radius 3 is 2.52 bits per heavy atom. The Balaban J connectivity index is 1.79. The molecule has 2 aromatic rings. The lowest BCUT2D eigenvalue weighted by atomic mass is 10.1. The number of hydrogen-bond acceptors (Lipinski definition) is 5. The summed E-state index contributed by atoms with van der Waals surface area (Å²) in [4.78, 5) is 22.9. The first-order valence-corrected chi connectivity index (χ1v) is 10.9. The number of nitro benzene ring substituents is 1. The SMILES string of the molecule is O=C(NCc1ccccc1S(=O)(=O)N1CCCCC1)c1ccc(Cl)c([N+](=O)[O-])c1. The summed E-state index contributed by atoms with van der Waals surface area (Å²) in [5, 5.41) is 13.6. The number of nitro groups is 1. The van der Waals surface area contributed by atoms with Gasteiger partial charge < -0.3 is 5.32 Å². The molecule has 0 saturated carbocycles. The molecule has 154 valence electrons. The maximum atomic E-state index is 13.0. The molecule has 0 atom stereocenters. The van der Waals surface area contributed by atoms with Crippen molar-refractivity contribution in [3.05, 3.63) is 68.7 Å². The van der Waals surface area contributed by atoms with Crippen molar-refractivity contribution in [1.82, 2.24) is 9.62 Å². The zero-order valence-corrected chi connectivity index (χ0v) is 17.1. The minimum absolute atomic E-state index is 0.0293. The Morgan fingerprint density at radius 1 is 1.14 bits per heavy atom. The molecular formula is C19H20ClN3O5S. The number of piperidine rings is 1. The summed E-state index contributed by atoms with van der Waals surface area (Å²) in [6.07, 6.45) is 2.66. The molecule has 1 aliphatic heterocycles. The number of nitrogens with zero attached hydrogens (tertiary/aromatic N) is 2. The molecule has 1 N–H and O–H groups in total. The van der Waals surface area contributed by atoms with Crippen LogP contribution in [0, 0.1) is 10.1 Å². The zero-order chi connectivity index (χ0) is 21.0. The predicted molar refractivity (Wildman–Crippen MR) is 108 cm³/mol. The highest BCUT2D eigenvalue weighted by molar-refractivity contribution is 7.89. The van der Waals surface area contributed by atoms with E-state index in [-0.39, 0.29) is 27.7 Å². The fraction of sp³-hybridized carbons (Fsp3) is 0.316. The number of carbonyl (C=O) groups is 1. The molecule has 0 aliphatic carbocycles. The summed E-state index contributed by atoms with van der Waals surface area (Å²) in [6, 6.07) is 10.3. The van der Waals surface area contributed by atoms with Crippen molar-refractivity contribution in [1.29, 1.82) is 0 Å². The summed E-state index contributed by atoms with van der Waals surface area (Å²) >= 11 is 5.77. The van der Waals surface area contributed by atoms with Crippen LogP contribution in [0.15, 0.2) is 47.4 Å². The molecule has 0 spiro atoms. The van der Waals surface area contributed by atoms with Crippen molar-refractivity contribution in [2.45, 2.75) is 30.7 Å². The van der Waals surface area contributed by atoms with Crippen LogP contribution in [0.5, 0.6) is 0 Å². The van der Waals surface area contributed by atoms with E-state index in [0.717, 1.165) is 25.3 Å². The fourth-order valence-electron chi connectivity index (χ4n) is 3.22. The van der Waals surface area contributed by atoms with Gasteiger partial charge in [0.05, 0.1) is 9.82 Å². The van der Waals surface area contributed by atoms with Crippen LogP contribution in [0.2, 0.25) is 5.02 Å². The number of nitrogens with one attached hydrogen (secondary N) is 1. The van der Waals surface area contributed by atoms with Crippen LogP contribution >= 0.6 is 11.6 Å². The Hall–Kier alpha value is -2.49. The van der Waals surface area contributed by atoms with Gasteiger partial charge in [0.1, 0.15) is 5.02 Å². The van der Waals surface area contributed by atoms with Crippen molar-refractivity contribution < 1.29 is 18.1 Å². The minimum atomic E-state index is -3.65. The lowest BCUT2D eigenvalue weighted by Gasteiger charge is -2.26. The van der Waals surface area contributed by atoms with E-state index in [2.05, 4.69) is 5.32 Å². The second-order valence-electron chi connectivity index (χ2n) is 6.68. The van der Waals surface area contributed by atoms with Crippen molar-refractivity contribution in [3.8, 4) is 0 Å². The fourth-order valence-corrected chi connectivity index (χ4v) is 5.14. The topological polar surface area (TPSA) is 110 Å². The van der Waals surface area contributed by atoms with Gasteiger partial charge in [0.25, 0.3) is 11.6 Å². The lowest BCUT2D eigenvalue weighted by molar-refractivity contribution is -0.384. The average Bonchev–Trinajstić information content (AvgIpc) is 2.73. The van der Waals surface area contributed by atoms with E-state index < -0.39 is 20.9 Å². The van der Waals surface area contributed by atoms with Gasteiger partial charge in [-0.3, -0.25) is 14.9 Å². The molecule has 0 aromatic heterocycles. The third-order valence-electron chi connectivity index (χ3n) is 4.75. The number of rotatable bonds is 6. The first-order valence-electron chi connectivity index (χ1n) is 9.11. The van der Waals surface area contributed by atoms with Crippen molar-refractivity contribution >= 4 is 33.2 Å². The van der Waals surface area contributed by atoms with Crippen molar-refractivity contribution in [2.75, 3.05) is 13.1 Å². The number of sulfonamides is 1. The maximum absolute atomic E-state index is 13.0. The number of amides is 1. The summed E-state index contributed by atoms with van der Waals surface area (Å²) < 4.78 is 27.5. The molecule has 2 aromatic carbocycles. The molecule has 3 rings (SSSR count). The molecule has 10 heteroatoms. The highest BCUT2D eigenvalue weighted by Gasteiger charge is 2.28. The van der Waals surface area contributed by atoms with Gasteiger partial charge in [0.2, 0.25) is 10.0 Å². The Labute approximate surface area is 173 Å². The molecule has 1 fully saturated rings. The summed E-state index contributed by atoms with van der Waals surface area (Å²) in [5.41, 5.74) is 0.153. The minimum Gasteiger partial charge on any atom is -0.348 e. The van der Waals surface area contributed by atoms with E-state index in [1.54, 1.807) is 18.2 Å². The summed E-state index contributed by atoms with van der Waals surface area (Å²) in [5.74, 6) is -0.560. The van der Waals surface area contributed by atoms with Gasteiger partial charge in [-0.2, -0.15) is 4.31 Å². The number of benzene rings is 2. The number of carbonyl (C=O) groups excluding carboxylic acids is 1. The molecule has 0 unspecified atom stereocenters. The van der Waals surface area contributed by atoms with Crippen LogP contribution in [-0.4, -0.2) is 36.6 Å². The Morgan fingerprint density at radius 2 is 1.83 bits per heavy atom. The van der Waals surface area contributed by atoms with Crippen molar-refractivity contribution in [3.63, 3.8) is 0 Å². The second kappa shape index (κ2) is 8.89. The van der Waals surface area contributed by atoms with Gasteiger partial charge in [-0.1, -0.05) is 36.2 Å². The van der Waals surface area contributed by atoms with E-state index >= 15 is 0 Å². The van der Waals surface area contributed by atoms with Crippen LogP contribution in [0.4, 0.5) is 5.69 Å². The summed E-state index contributed by atoms with van der Waals surface area (Å²) in [7, 11) is -3.65. The zero-order valence-electron chi connectivity index (χ0n) is 15.5. The van der Waals surface area contributed by atoms with E-state index in [1.807, 2.05) is 0 Å². The van der Waals surface area contributed by atoms with Crippen molar-refractivity contribution in [2.24, 2.45) is 0 Å². The van der Waals surface area contributed by atoms with Crippen LogP contribution in [0.25, 0.3) is 0 Å². The average molecular weight is 438 g/mol. The monoisotopic (exact) mass is 437 g/mol. The van der Waals surface area contributed by atoms with Gasteiger partial charge in [-0.05, 0) is 36.6 Å². The number of hydrogen-bond donors (Lipinski definition) is 1. The molecule has 0 radical (unpaired) electrons. The predicted octanol–water partition coefficient (Wildman–Crippen LogP) is 3.35. The van der Waals surface area contributed by atoms with Gasteiger partial charge >= 0.3 is 0 Å². The van der Waals surface area contributed by atoms with E-state index in [4.69, 9.17) is 11.6 Å². The third kappa shape index (κ3) is 4.75. The molecule has 29 heavy (non-hydrogen) atoms. The van der Waals surface area contributed by atoms with Gasteiger partial charge in [-0.25, -0.2) is 8.42 Å². The smallest absolute Gasteiger partial charge is 0.288 e. The first kappa shape index (κ1) is 21.2. The molecule has 1 amide bonds. The molecular weight excluding hydrogens is 418 g/mol. The van der Waals surface area contributed by atoms with E-state index in [0.29, 0.717) is 18.7 Å². The number of halogens is 1. The van der Waals surface area contributed by atoms with Crippen LogP contribution in [-0.2, 0) is 16.6 Å². The lowest BCUT2D eigenvalue weighted by Crippen LogP contribution is -2.36. The Kier molecular flexibility index (Phi) is 6.51. The maximum Gasteiger partial charge on any atom is 0.288 e. The van der Waals surface area contributed by atoms with E-state index in [9.17, 15) is 23.3 Å². The Bertz CT molecular complexity index is 1040. The van der Waals surface area contributed by atoms with E-state index in [1.165, 1.54) is 22.5 Å². The molecule has 1 aliphatic rings. The second-order valence-corrected chi connectivity index (χ2v) is 8.99. The third-order valence-corrected chi connectivity index (χ3v) is 7.07. The molecule has 1 saturated heterocycles. The molecule has 8 nitrogen and oxygen atoms in total. The van der Waals surface area contributed by atoms with Crippen LogP contribution in [0.3, 0.4) is 0 Å². The standard InChI is InChI=1S/C19H20ClN3O5S/c20-16-9-8-14(12-17(16)23(25)26)19(24)21-13-15-6-2-3-7-18(15)29(27,28)22-10-4-1-5-11-22/h2-3,6-9,12H,1,4-5,10-11,13H2,(H,21,24). The molecule has 1 heterocycles. The molecule has 0 bridgehead atoms. The largest absolute Gasteiger partial charge is 0.348 e. The van der Waals surface area contributed by atoms with Crippen LogP contribution in [0.1, 0.15) is 35.2 Å². The van der Waals surface area contributed by atoms with Crippen LogP contribution < -0.4 is 5.32 Å². The highest BCUT2D eigenvalue weighted by atomic mass is 35.5. The first-order chi connectivity index (χ1) is 13.8. The quantitative estimate of drug-likeness (QED) is 0.550. The van der Waals surface area contributed by atoms with Gasteiger partial charge in [0.15, 0.2) is 0 Å². The van der Waals surface area contributed by atoms with Gasteiger partial charge in [0, 0.05) is 31.3 Å². The summed E-state index contributed by atoms with van der Waals surface area (Å²) in [6.45, 7) is 0.938.